The zero-order valence-electron chi connectivity index (χ0n) is 8.44. The number of carbonyl (C=O) groups excluding carboxylic acids is 1. The van der Waals surface area contributed by atoms with E-state index in [1.165, 1.54) is 0 Å². The van der Waals surface area contributed by atoms with Crippen LogP contribution < -0.4 is 5.32 Å². The fraction of sp³-hybridized carbons (Fsp3) is 0.889. The van der Waals surface area contributed by atoms with Gasteiger partial charge in [-0.3, -0.25) is 4.79 Å². The molecule has 1 N–H and O–H groups in total. The van der Waals surface area contributed by atoms with Gasteiger partial charge in [0.15, 0.2) is 9.84 Å². The van der Waals surface area contributed by atoms with Crippen molar-refractivity contribution in [3.8, 4) is 0 Å². The molecular formula is C9H15NO4S. The highest BCUT2D eigenvalue weighted by Gasteiger charge is 2.36. The molecule has 86 valence electrons. The standard InChI is InChI=1S/C9H15NO4S/c11-9(10-7-5-14-6-7)8-3-1-2-4-15(8,12)13/h7-8H,1-6H2,(H,10,11). The Kier molecular flexibility index (Phi) is 2.97. The largest absolute Gasteiger partial charge is 0.377 e. The highest BCUT2D eigenvalue weighted by Crippen LogP contribution is 2.20. The SMILES string of the molecule is O=C(NC1COC1)C1CCCCS1(=O)=O. The molecule has 1 atom stereocenters. The lowest BCUT2D eigenvalue weighted by molar-refractivity contribution is -0.125. The molecule has 0 radical (unpaired) electrons. The Morgan fingerprint density at radius 2 is 2.00 bits per heavy atom. The van der Waals surface area contributed by atoms with Crippen LogP contribution in [0.5, 0.6) is 0 Å². The van der Waals surface area contributed by atoms with E-state index in [0.717, 1.165) is 6.42 Å². The van der Waals surface area contributed by atoms with Crippen molar-refractivity contribution in [1.29, 1.82) is 0 Å². The van der Waals surface area contributed by atoms with Crippen LogP contribution in [0.3, 0.4) is 0 Å². The predicted molar refractivity (Wildman–Crippen MR) is 54.2 cm³/mol. The summed E-state index contributed by atoms with van der Waals surface area (Å²) < 4.78 is 28.1. The quantitative estimate of drug-likeness (QED) is 0.696. The van der Waals surface area contributed by atoms with Crippen LogP contribution >= 0.6 is 0 Å². The lowest BCUT2D eigenvalue weighted by atomic mass is 10.1. The minimum Gasteiger partial charge on any atom is -0.377 e. The summed E-state index contributed by atoms with van der Waals surface area (Å²) in [7, 11) is -3.21. The summed E-state index contributed by atoms with van der Waals surface area (Å²) in [5.41, 5.74) is 0. The molecule has 0 aromatic rings. The number of amides is 1. The Labute approximate surface area is 89.1 Å². The maximum absolute atomic E-state index is 11.7. The van der Waals surface area contributed by atoms with E-state index in [9.17, 15) is 13.2 Å². The van der Waals surface area contributed by atoms with Crippen molar-refractivity contribution >= 4 is 15.7 Å². The van der Waals surface area contributed by atoms with Crippen LogP contribution in [-0.4, -0.2) is 44.6 Å². The van der Waals surface area contributed by atoms with E-state index in [1.807, 2.05) is 0 Å². The summed E-state index contributed by atoms with van der Waals surface area (Å²) in [6, 6.07) is 0.00891. The second-order valence-corrected chi connectivity index (χ2v) is 6.40. The first-order valence-corrected chi connectivity index (χ1v) is 6.91. The molecule has 2 fully saturated rings. The van der Waals surface area contributed by atoms with Crippen LogP contribution in [0.1, 0.15) is 19.3 Å². The van der Waals surface area contributed by atoms with Gasteiger partial charge in [-0.2, -0.15) is 0 Å². The predicted octanol–water partition coefficient (Wildman–Crippen LogP) is -0.531. The van der Waals surface area contributed by atoms with Crippen molar-refractivity contribution in [2.24, 2.45) is 0 Å². The molecule has 2 saturated heterocycles. The van der Waals surface area contributed by atoms with Gasteiger partial charge in [-0.25, -0.2) is 8.42 Å². The van der Waals surface area contributed by atoms with Gasteiger partial charge < -0.3 is 10.1 Å². The number of hydrogen-bond donors (Lipinski definition) is 1. The topological polar surface area (TPSA) is 72.5 Å². The van der Waals surface area contributed by atoms with E-state index in [2.05, 4.69) is 5.32 Å². The number of nitrogens with one attached hydrogen (secondary N) is 1. The van der Waals surface area contributed by atoms with Crippen molar-refractivity contribution in [2.75, 3.05) is 19.0 Å². The number of carbonyl (C=O) groups is 1. The Hall–Kier alpha value is -0.620. The second kappa shape index (κ2) is 4.09. The van der Waals surface area contributed by atoms with Crippen LogP contribution in [0.2, 0.25) is 0 Å². The van der Waals surface area contributed by atoms with Gasteiger partial charge in [-0.05, 0) is 12.8 Å². The average molecular weight is 233 g/mol. The molecule has 2 rings (SSSR count). The molecule has 1 amide bonds. The van der Waals surface area contributed by atoms with Gasteiger partial charge in [0.05, 0.1) is 25.0 Å². The smallest absolute Gasteiger partial charge is 0.238 e. The lowest BCUT2D eigenvalue weighted by Gasteiger charge is -2.29. The van der Waals surface area contributed by atoms with Gasteiger partial charge in [0.1, 0.15) is 5.25 Å². The summed E-state index contributed by atoms with van der Waals surface area (Å²) in [5, 5.41) is 1.87. The van der Waals surface area contributed by atoms with Crippen LogP contribution in [0.15, 0.2) is 0 Å². The molecule has 0 aromatic carbocycles. The fourth-order valence-electron chi connectivity index (χ4n) is 1.86. The normalized spacial score (nSPS) is 30.5. The summed E-state index contributed by atoms with van der Waals surface area (Å²) in [4.78, 5) is 11.7. The lowest BCUT2D eigenvalue weighted by Crippen LogP contribution is -2.53. The van der Waals surface area contributed by atoms with Gasteiger partial charge in [0.25, 0.3) is 0 Å². The Morgan fingerprint density at radius 1 is 1.27 bits per heavy atom. The minimum atomic E-state index is -3.21. The van der Waals surface area contributed by atoms with E-state index < -0.39 is 15.1 Å². The first-order valence-electron chi connectivity index (χ1n) is 5.19. The summed E-state index contributed by atoms with van der Waals surface area (Å²) in [6.45, 7) is 0.997. The average Bonchev–Trinajstić information content (AvgIpc) is 2.10. The molecule has 1 unspecified atom stereocenters. The van der Waals surface area contributed by atoms with E-state index in [4.69, 9.17) is 4.74 Å². The van der Waals surface area contributed by atoms with Gasteiger partial charge in [-0.15, -0.1) is 0 Å². The zero-order chi connectivity index (χ0) is 10.9. The molecule has 0 saturated carbocycles. The number of sulfone groups is 1. The van der Waals surface area contributed by atoms with Crippen molar-refractivity contribution in [1.82, 2.24) is 5.32 Å². The summed E-state index contributed by atoms with van der Waals surface area (Å²) >= 11 is 0. The molecule has 2 aliphatic heterocycles. The number of ether oxygens (including phenoxy) is 1. The van der Waals surface area contributed by atoms with E-state index >= 15 is 0 Å². The Morgan fingerprint density at radius 3 is 2.53 bits per heavy atom. The molecule has 6 heteroatoms. The van der Waals surface area contributed by atoms with Crippen LogP contribution in [0.25, 0.3) is 0 Å². The molecule has 0 aliphatic carbocycles. The molecule has 5 nitrogen and oxygen atoms in total. The summed E-state index contributed by atoms with van der Waals surface area (Å²) in [5.74, 6) is -0.199. The van der Waals surface area contributed by atoms with Gasteiger partial charge in [-0.1, -0.05) is 6.42 Å². The first kappa shape index (κ1) is 10.9. The number of rotatable bonds is 2. The zero-order valence-corrected chi connectivity index (χ0v) is 9.26. The van der Waals surface area contributed by atoms with Crippen LogP contribution in [0, 0.1) is 0 Å². The molecule has 2 aliphatic rings. The van der Waals surface area contributed by atoms with E-state index in [-0.39, 0.29) is 17.7 Å². The van der Waals surface area contributed by atoms with Crippen molar-refractivity contribution in [3.05, 3.63) is 0 Å². The van der Waals surface area contributed by atoms with Crippen LogP contribution in [-0.2, 0) is 19.4 Å². The molecule has 0 aromatic heterocycles. The van der Waals surface area contributed by atoms with Crippen molar-refractivity contribution < 1.29 is 17.9 Å². The maximum Gasteiger partial charge on any atom is 0.238 e. The number of hydrogen-bond acceptors (Lipinski definition) is 4. The second-order valence-electron chi connectivity index (χ2n) is 4.09. The molecule has 0 spiro atoms. The van der Waals surface area contributed by atoms with Crippen molar-refractivity contribution in [2.45, 2.75) is 30.6 Å². The third-order valence-corrected chi connectivity index (χ3v) is 5.03. The van der Waals surface area contributed by atoms with E-state index in [0.29, 0.717) is 26.1 Å². The molecule has 0 bridgehead atoms. The minimum absolute atomic E-state index is 0.00891. The third-order valence-electron chi connectivity index (χ3n) is 2.86. The van der Waals surface area contributed by atoms with Gasteiger partial charge >= 0.3 is 0 Å². The highest BCUT2D eigenvalue weighted by molar-refractivity contribution is 7.92. The summed E-state index contributed by atoms with van der Waals surface area (Å²) in [6.07, 6.45) is 1.96. The van der Waals surface area contributed by atoms with E-state index in [1.54, 1.807) is 0 Å². The first-order chi connectivity index (χ1) is 7.09. The maximum atomic E-state index is 11.7. The molecule has 15 heavy (non-hydrogen) atoms. The molecule has 2 heterocycles. The van der Waals surface area contributed by atoms with Gasteiger partial charge in [0, 0.05) is 0 Å². The van der Waals surface area contributed by atoms with Crippen LogP contribution in [0.4, 0.5) is 0 Å². The Balaban J connectivity index is 1.98. The highest BCUT2D eigenvalue weighted by atomic mass is 32.2. The third kappa shape index (κ3) is 2.31. The van der Waals surface area contributed by atoms with Gasteiger partial charge in [0.2, 0.25) is 5.91 Å². The van der Waals surface area contributed by atoms with Crippen molar-refractivity contribution in [3.63, 3.8) is 0 Å². The molecular weight excluding hydrogens is 218 g/mol. The Bertz CT molecular complexity index is 347. The monoisotopic (exact) mass is 233 g/mol. The fourth-order valence-corrected chi connectivity index (χ4v) is 3.67.